The van der Waals surface area contributed by atoms with Gasteiger partial charge in [0.25, 0.3) is 0 Å². The van der Waals surface area contributed by atoms with E-state index in [0.717, 1.165) is 0 Å². The van der Waals surface area contributed by atoms with E-state index in [9.17, 15) is 9.59 Å². The van der Waals surface area contributed by atoms with Crippen molar-refractivity contribution in [3.8, 4) is 6.07 Å². The third-order valence-electron chi connectivity index (χ3n) is 2.87. The van der Waals surface area contributed by atoms with Gasteiger partial charge in [-0.15, -0.1) is 0 Å². The van der Waals surface area contributed by atoms with Crippen molar-refractivity contribution in [1.29, 1.82) is 5.26 Å². The molecular formula is C14H17N3O2. The number of urea groups is 1. The van der Waals surface area contributed by atoms with E-state index in [-0.39, 0.29) is 5.78 Å². The van der Waals surface area contributed by atoms with Crippen LogP contribution in [0, 0.1) is 11.3 Å². The van der Waals surface area contributed by atoms with Crippen LogP contribution in [0.15, 0.2) is 24.3 Å². The molecule has 19 heavy (non-hydrogen) atoms. The molecule has 1 atom stereocenters. The number of hydrogen-bond acceptors (Lipinski definition) is 3. The zero-order valence-electron chi connectivity index (χ0n) is 11.3. The van der Waals surface area contributed by atoms with E-state index in [0.29, 0.717) is 17.7 Å². The Kier molecular flexibility index (Phi) is 4.65. The summed E-state index contributed by atoms with van der Waals surface area (Å²) in [5.41, 5.74) is 0.139. The lowest BCUT2D eigenvalue weighted by Gasteiger charge is -2.21. The molecule has 0 saturated heterocycles. The van der Waals surface area contributed by atoms with Gasteiger partial charge in [-0.25, -0.2) is 4.79 Å². The fourth-order valence-corrected chi connectivity index (χ4v) is 1.42. The zero-order valence-corrected chi connectivity index (χ0v) is 11.3. The lowest BCUT2D eigenvalue weighted by molar-refractivity contribution is 0.101. The Balaban J connectivity index is 2.75. The van der Waals surface area contributed by atoms with E-state index in [1.165, 1.54) is 6.92 Å². The predicted octanol–water partition coefficient (Wildman–Crippen LogP) is 2.70. The first-order chi connectivity index (χ1) is 8.90. The van der Waals surface area contributed by atoms with Gasteiger partial charge in [0.15, 0.2) is 5.78 Å². The standard InChI is InChI=1S/C14H17N3O2/c1-4-14(3,9-15)17-13(19)16-12-7-5-6-11(8-12)10(2)18/h5-8H,4H2,1-3H3,(H2,16,17,19). The maximum atomic E-state index is 11.8. The largest absolute Gasteiger partial charge is 0.320 e. The molecule has 0 fully saturated rings. The molecule has 0 spiro atoms. The van der Waals surface area contributed by atoms with Gasteiger partial charge in [-0.2, -0.15) is 5.26 Å². The highest BCUT2D eigenvalue weighted by Crippen LogP contribution is 2.12. The first-order valence-corrected chi connectivity index (χ1v) is 6.01. The first-order valence-electron chi connectivity index (χ1n) is 6.01. The quantitative estimate of drug-likeness (QED) is 0.815. The van der Waals surface area contributed by atoms with Crippen molar-refractivity contribution in [3.63, 3.8) is 0 Å². The fraction of sp³-hybridized carbons (Fsp3) is 0.357. The Morgan fingerprint density at radius 3 is 2.63 bits per heavy atom. The highest BCUT2D eigenvalue weighted by molar-refractivity contribution is 5.96. The van der Waals surface area contributed by atoms with Crippen molar-refractivity contribution in [2.75, 3.05) is 5.32 Å². The van der Waals surface area contributed by atoms with Crippen LogP contribution in [0.3, 0.4) is 0 Å². The lowest BCUT2D eigenvalue weighted by atomic mass is 10.0. The molecule has 1 unspecified atom stereocenters. The molecule has 100 valence electrons. The second kappa shape index (κ2) is 6.01. The Morgan fingerprint density at radius 2 is 2.11 bits per heavy atom. The highest BCUT2D eigenvalue weighted by Gasteiger charge is 2.23. The monoisotopic (exact) mass is 259 g/mol. The van der Waals surface area contributed by atoms with E-state index >= 15 is 0 Å². The number of nitrogens with zero attached hydrogens (tertiary/aromatic N) is 1. The normalized spacial score (nSPS) is 12.9. The Morgan fingerprint density at radius 1 is 1.42 bits per heavy atom. The van der Waals surface area contributed by atoms with Gasteiger partial charge in [-0.3, -0.25) is 4.79 Å². The van der Waals surface area contributed by atoms with E-state index in [4.69, 9.17) is 5.26 Å². The minimum Gasteiger partial charge on any atom is -0.320 e. The maximum absolute atomic E-state index is 11.8. The van der Waals surface area contributed by atoms with Crippen LogP contribution in [0.2, 0.25) is 0 Å². The van der Waals surface area contributed by atoms with Crippen LogP contribution in [0.25, 0.3) is 0 Å². The molecule has 0 aliphatic rings. The number of benzene rings is 1. The summed E-state index contributed by atoms with van der Waals surface area (Å²) in [5.74, 6) is -0.0699. The molecule has 0 aliphatic heterocycles. The first kappa shape index (κ1) is 14.7. The van der Waals surface area contributed by atoms with Gasteiger partial charge in [0.05, 0.1) is 6.07 Å². The number of ketones is 1. The van der Waals surface area contributed by atoms with Gasteiger partial charge in [0.2, 0.25) is 0 Å². The van der Waals surface area contributed by atoms with Crippen LogP contribution < -0.4 is 10.6 Å². The van der Waals surface area contributed by atoms with E-state index < -0.39 is 11.6 Å². The minimum absolute atomic E-state index is 0.0699. The van der Waals surface area contributed by atoms with Crippen LogP contribution in [0.4, 0.5) is 10.5 Å². The minimum atomic E-state index is -0.901. The van der Waals surface area contributed by atoms with Gasteiger partial charge in [-0.1, -0.05) is 19.1 Å². The van der Waals surface area contributed by atoms with E-state index in [1.807, 2.05) is 13.0 Å². The molecule has 1 rings (SSSR count). The predicted molar refractivity (Wildman–Crippen MR) is 72.9 cm³/mol. The number of nitrogens with one attached hydrogen (secondary N) is 2. The summed E-state index contributed by atoms with van der Waals surface area (Å²) in [4.78, 5) is 23.0. The summed E-state index contributed by atoms with van der Waals surface area (Å²) in [7, 11) is 0. The summed E-state index contributed by atoms with van der Waals surface area (Å²) in [6.07, 6.45) is 0.504. The van der Waals surface area contributed by atoms with Crippen LogP contribution in [-0.4, -0.2) is 17.4 Å². The molecular weight excluding hydrogens is 242 g/mol. The summed E-state index contributed by atoms with van der Waals surface area (Å²) < 4.78 is 0. The molecule has 0 heterocycles. The molecule has 5 heteroatoms. The number of rotatable bonds is 4. The van der Waals surface area contributed by atoms with Gasteiger partial charge in [0, 0.05) is 11.3 Å². The molecule has 0 bridgehead atoms. The molecule has 0 aliphatic carbocycles. The van der Waals surface area contributed by atoms with Gasteiger partial charge in [-0.05, 0) is 32.4 Å². The number of anilines is 1. The van der Waals surface area contributed by atoms with Crippen LogP contribution >= 0.6 is 0 Å². The number of carbonyl (C=O) groups excluding carboxylic acids is 2. The van der Waals surface area contributed by atoms with Crippen molar-refractivity contribution in [2.45, 2.75) is 32.7 Å². The molecule has 2 N–H and O–H groups in total. The highest BCUT2D eigenvalue weighted by atomic mass is 16.2. The van der Waals surface area contributed by atoms with Crippen LogP contribution in [0.5, 0.6) is 0 Å². The number of carbonyl (C=O) groups is 2. The summed E-state index contributed by atoms with van der Waals surface area (Å²) >= 11 is 0. The third-order valence-corrected chi connectivity index (χ3v) is 2.87. The van der Waals surface area contributed by atoms with Gasteiger partial charge in [0.1, 0.15) is 5.54 Å². The fourth-order valence-electron chi connectivity index (χ4n) is 1.42. The topological polar surface area (TPSA) is 82.0 Å². The second-order valence-electron chi connectivity index (χ2n) is 4.51. The second-order valence-corrected chi connectivity index (χ2v) is 4.51. The lowest BCUT2D eigenvalue weighted by Crippen LogP contribution is -2.46. The van der Waals surface area contributed by atoms with Crippen molar-refractivity contribution < 1.29 is 9.59 Å². The molecule has 1 aromatic rings. The van der Waals surface area contributed by atoms with Crippen molar-refractivity contribution in [2.24, 2.45) is 0 Å². The SMILES string of the molecule is CCC(C)(C#N)NC(=O)Nc1cccc(C(C)=O)c1. The van der Waals surface area contributed by atoms with E-state index in [1.54, 1.807) is 31.2 Å². The number of Topliss-reactive ketones (excluding diaryl/α,β-unsaturated/α-hetero) is 1. The average Bonchev–Trinajstić information content (AvgIpc) is 2.38. The van der Waals surface area contributed by atoms with Gasteiger partial charge < -0.3 is 10.6 Å². The number of amides is 2. The smallest absolute Gasteiger partial charge is 0.320 e. The van der Waals surface area contributed by atoms with Crippen LogP contribution in [-0.2, 0) is 0 Å². The molecule has 0 radical (unpaired) electrons. The van der Waals surface area contributed by atoms with Crippen molar-refractivity contribution in [3.05, 3.63) is 29.8 Å². The Hall–Kier alpha value is -2.35. The van der Waals surface area contributed by atoms with Gasteiger partial charge >= 0.3 is 6.03 Å². The summed E-state index contributed by atoms with van der Waals surface area (Å²) in [6, 6.07) is 8.23. The van der Waals surface area contributed by atoms with Crippen molar-refractivity contribution in [1.82, 2.24) is 5.32 Å². The zero-order chi connectivity index (χ0) is 14.5. The maximum Gasteiger partial charge on any atom is 0.320 e. The van der Waals surface area contributed by atoms with Crippen molar-refractivity contribution >= 4 is 17.5 Å². The third kappa shape index (κ3) is 4.11. The van der Waals surface area contributed by atoms with Crippen LogP contribution in [0.1, 0.15) is 37.6 Å². The van der Waals surface area contributed by atoms with E-state index in [2.05, 4.69) is 10.6 Å². The Labute approximate surface area is 112 Å². The molecule has 0 saturated carbocycles. The summed E-state index contributed by atoms with van der Waals surface area (Å²) in [6.45, 7) is 4.93. The molecule has 5 nitrogen and oxygen atoms in total. The average molecular weight is 259 g/mol. The summed E-state index contributed by atoms with van der Waals surface area (Å²) in [5, 5.41) is 14.2. The Bertz CT molecular complexity index is 534. The number of hydrogen-bond donors (Lipinski definition) is 2. The molecule has 1 aromatic carbocycles. The molecule has 0 aromatic heterocycles. The number of nitriles is 1. The molecule has 2 amide bonds.